The third kappa shape index (κ3) is 3.86. The van der Waals surface area contributed by atoms with Crippen molar-refractivity contribution in [1.82, 2.24) is 4.90 Å². The Morgan fingerprint density at radius 2 is 1.72 bits per heavy atom. The Bertz CT molecular complexity index is 989. The first-order chi connectivity index (χ1) is 15.2. The number of carbonyl (C=O) groups is 1. The predicted molar refractivity (Wildman–Crippen MR) is 109 cm³/mol. The lowest BCUT2D eigenvalue weighted by Crippen LogP contribution is -2.49. The second kappa shape index (κ2) is 7.78. The highest BCUT2D eigenvalue weighted by Gasteiger charge is 2.45. The van der Waals surface area contributed by atoms with Crippen molar-refractivity contribution in [3.8, 4) is 5.75 Å². The molecule has 0 aromatic heterocycles. The molecule has 2 aromatic carbocycles. The number of halogens is 3. The highest BCUT2D eigenvalue weighted by atomic mass is 19.4. The first kappa shape index (κ1) is 21.3. The molecule has 170 valence electrons. The fourth-order valence-electron chi connectivity index (χ4n) is 5.02. The predicted octanol–water partition coefficient (Wildman–Crippen LogP) is 4.14. The smallest absolute Gasteiger partial charge is 0.416 e. The van der Waals surface area contributed by atoms with Crippen LogP contribution in [0.25, 0.3) is 0 Å². The van der Waals surface area contributed by atoms with E-state index in [4.69, 9.17) is 9.47 Å². The highest BCUT2D eigenvalue weighted by molar-refractivity contribution is 5.95. The van der Waals surface area contributed by atoms with Crippen molar-refractivity contribution >= 4 is 5.91 Å². The standard InChI is InChI=1S/C24H24F3NO4/c25-24(26,27)16-4-8-20(9-5-16)32-21-11-18-6-7-19(12-21)28(18)22(29)15-2-1-3-17(10-15)23(30)13-31-14-23/h1-5,8-10,18-19,21,30H,6-7,11-14H2. The molecule has 2 atom stereocenters. The Morgan fingerprint density at radius 3 is 2.28 bits per heavy atom. The van der Waals surface area contributed by atoms with Crippen molar-refractivity contribution in [3.05, 3.63) is 65.2 Å². The number of fused-ring (bicyclic) bond motifs is 2. The lowest BCUT2D eigenvalue weighted by atomic mass is 9.90. The monoisotopic (exact) mass is 447 g/mol. The molecule has 8 heteroatoms. The van der Waals surface area contributed by atoms with Crippen molar-refractivity contribution in [2.75, 3.05) is 13.2 Å². The third-order valence-corrected chi connectivity index (χ3v) is 6.74. The van der Waals surface area contributed by atoms with Crippen LogP contribution in [-0.4, -0.2) is 47.3 Å². The maximum atomic E-state index is 13.3. The fraction of sp³-hybridized carbons (Fsp3) is 0.458. The minimum atomic E-state index is -4.37. The number of hydrogen-bond donors (Lipinski definition) is 1. The number of ether oxygens (including phenoxy) is 2. The van der Waals surface area contributed by atoms with E-state index in [9.17, 15) is 23.1 Å². The van der Waals surface area contributed by atoms with Crippen LogP contribution in [0, 0.1) is 0 Å². The van der Waals surface area contributed by atoms with Gasteiger partial charge in [0, 0.05) is 30.5 Å². The van der Waals surface area contributed by atoms with Gasteiger partial charge in [-0.25, -0.2) is 0 Å². The van der Waals surface area contributed by atoms with Crippen LogP contribution in [0.2, 0.25) is 0 Å². The van der Waals surface area contributed by atoms with Crippen LogP contribution in [0.4, 0.5) is 13.2 Å². The van der Waals surface area contributed by atoms with Gasteiger partial charge in [-0.05, 0) is 54.8 Å². The van der Waals surface area contributed by atoms with E-state index in [0.29, 0.717) is 29.7 Å². The Labute approximate surface area is 183 Å². The van der Waals surface area contributed by atoms with Gasteiger partial charge in [0.1, 0.15) is 17.5 Å². The molecule has 0 radical (unpaired) electrons. The summed E-state index contributed by atoms with van der Waals surface area (Å²) in [5.41, 5.74) is -0.507. The van der Waals surface area contributed by atoms with Gasteiger partial charge in [-0.2, -0.15) is 13.2 Å². The van der Waals surface area contributed by atoms with Gasteiger partial charge in [0.25, 0.3) is 5.91 Å². The molecule has 1 amide bonds. The van der Waals surface area contributed by atoms with E-state index in [0.717, 1.165) is 25.0 Å². The summed E-state index contributed by atoms with van der Waals surface area (Å²) in [7, 11) is 0. The van der Waals surface area contributed by atoms with Crippen LogP contribution < -0.4 is 4.74 Å². The first-order valence-corrected chi connectivity index (χ1v) is 10.8. The lowest BCUT2D eigenvalue weighted by Gasteiger charge is -2.39. The number of carbonyl (C=O) groups excluding carboxylic acids is 1. The molecule has 1 N–H and O–H groups in total. The van der Waals surface area contributed by atoms with E-state index < -0.39 is 17.3 Å². The molecular weight excluding hydrogens is 423 g/mol. The number of rotatable bonds is 4. The zero-order valence-corrected chi connectivity index (χ0v) is 17.3. The summed E-state index contributed by atoms with van der Waals surface area (Å²) in [5.74, 6) is 0.349. The minimum Gasteiger partial charge on any atom is -0.490 e. The summed E-state index contributed by atoms with van der Waals surface area (Å²) in [4.78, 5) is 15.2. The Balaban J connectivity index is 1.26. The minimum absolute atomic E-state index is 0.0273. The highest BCUT2D eigenvalue weighted by Crippen LogP contribution is 2.39. The lowest BCUT2D eigenvalue weighted by molar-refractivity contribution is -0.184. The zero-order valence-electron chi connectivity index (χ0n) is 17.3. The third-order valence-electron chi connectivity index (χ3n) is 6.74. The molecule has 2 aromatic rings. The number of alkyl halides is 3. The molecule has 0 spiro atoms. The summed E-state index contributed by atoms with van der Waals surface area (Å²) in [5, 5.41) is 10.5. The number of nitrogens with zero attached hydrogens (tertiary/aromatic N) is 1. The summed E-state index contributed by atoms with van der Waals surface area (Å²) in [6, 6.07) is 11.9. The molecule has 2 unspecified atom stereocenters. The van der Waals surface area contributed by atoms with E-state index in [1.54, 1.807) is 24.3 Å². The molecule has 3 heterocycles. The van der Waals surface area contributed by atoms with Gasteiger partial charge >= 0.3 is 6.18 Å². The van der Waals surface area contributed by atoms with Crippen LogP contribution in [-0.2, 0) is 16.5 Å². The quantitative estimate of drug-likeness (QED) is 0.766. The largest absolute Gasteiger partial charge is 0.490 e. The van der Waals surface area contributed by atoms with E-state index >= 15 is 0 Å². The topological polar surface area (TPSA) is 59.0 Å². The van der Waals surface area contributed by atoms with E-state index in [-0.39, 0.29) is 37.3 Å². The van der Waals surface area contributed by atoms with Crippen LogP contribution >= 0.6 is 0 Å². The van der Waals surface area contributed by atoms with Crippen molar-refractivity contribution < 1.29 is 32.5 Å². The van der Waals surface area contributed by atoms with Gasteiger partial charge in [-0.1, -0.05) is 12.1 Å². The average molecular weight is 447 g/mol. The summed E-state index contributed by atoms with van der Waals surface area (Å²) in [6.45, 7) is 0.450. The van der Waals surface area contributed by atoms with Crippen LogP contribution in [0.15, 0.2) is 48.5 Å². The average Bonchev–Trinajstić information content (AvgIpc) is 3.01. The van der Waals surface area contributed by atoms with E-state index in [1.165, 1.54) is 12.1 Å². The summed E-state index contributed by atoms with van der Waals surface area (Å²) in [6.07, 6.45) is -1.49. The van der Waals surface area contributed by atoms with Crippen molar-refractivity contribution in [3.63, 3.8) is 0 Å². The molecule has 2 bridgehead atoms. The number of piperidine rings is 1. The summed E-state index contributed by atoms with van der Waals surface area (Å²) >= 11 is 0. The van der Waals surface area contributed by atoms with Gasteiger partial charge in [-0.15, -0.1) is 0 Å². The second-order valence-electron chi connectivity index (χ2n) is 8.94. The fourth-order valence-corrected chi connectivity index (χ4v) is 5.02. The molecule has 3 fully saturated rings. The van der Waals surface area contributed by atoms with Crippen molar-refractivity contribution in [1.29, 1.82) is 0 Å². The Morgan fingerprint density at radius 1 is 1.06 bits per heavy atom. The van der Waals surface area contributed by atoms with Gasteiger partial charge in [0.2, 0.25) is 0 Å². The van der Waals surface area contributed by atoms with Crippen LogP contribution in [0.3, 0.4) is 0 Å². The van der Waals surface area contributed by atoms with Gasteiger partial charge in [0.05, 0.1) is 18.8 Å². The zero-order chi connectivity index (χ0) is 22.5. The van der Waals surface area contributed by atoms with Gasteiger partial charge in [0.15, 0.2) is 0 Å². The number of aliphatic hydroxyl groups is 1. The Hall–Kier alpha value is -2.58. The normalized spacial score (nSPS) is 26.5. The van der Waals surface area contributed by atoms with Gasteiger partial charge in [-0.3, -0.25) is 4.79 Å². The number of benzene rings is 2. The van der Waals surface area contributed by atoms with Crippen LogP contribution in [0.1, 0.15) is 47.2 Å². The molecule has 5 nitrogen and oxygen atoms in total. The van der Waals surface area contributed by atoms with Crippen molar-refractivity contribution in [2.45, 2.75) is 55.6 Å². The molecule has 0 aliphatic carbocycles. The molecule has 0 saturated carbocycles. The molecule has 32 heavy (non-hydrogen) atoms. The number of amides is 1. The molecule has 3 aliphatic rings. The SMILES string of the molecule is O=C(c1cccc(C2(O)COC2)c1)N1C2CCC1CC(Oc1ccc(C(F)(F)F)cc1)C2. The molecule has 3 saturated heterocycles. The Kier molecular flexibility index (Phi) is 5.17. The van der Waals surface area contributed by atoms with Crippen LogP contribution in [0.5, 0.6) is 5.75 Å². The maximum Gasteiger partial charge on any atom is 0.416 e. The second-order valence-corrected chi connectivity index (χ2v) is 8.94. The molecule has 3 aliphatic heterocycles. The summed E-state index contributed by atoms with van der Waals surface area (Å²) < 4.78 is 49.4. The van der Waals surface area contributed by atoms with Crippen molar-refractivity contribution in [2.24, 2.45) is 0 Å². The molecule has 5 rings (SSSR count). The van der Waals surface area contributed by atoms with E-state index in [2.05, 4.69) is 0 Å². The first-order valence-electron chi connectivity index (χ1n) is 10.8. The molecular formula is C24H24F3NO4. The maximum absolute atomic E-state index is 13.3. The number of hydrogen-bond acceptors (Lipinski definition) is 4. The van der Waals surface area contributed by atoms with Gasteiger partial charge < -0.3 is 19.5 Å². The van der Waals surface area contributed by atoms with E-state index in [1.807, 2.05) is 4.90 Å².